The molecule has 0 aliphatic heterocycles. The molecule has 1 aromatic carbocycles. The predicted molar refractivity (Wildman–Crippen MR) is 65.0 cm³/mol. The Morgan fingerprint density at radius 1 is 1.28 bits per heavy atom. The summed E-state index contributed by atoms with van der Waals surface area (Å²) in [5.74, 6) is -0.439. The van der Waals surface area contributed by atoms with Gasteiger partial charge in [-0.15, -0.1) is 0 Å². The molecule has 2 aromatic rings. The Balaban J connectivity index is 2.14. The molecule has 1 heterocycles. The van der Waals surface area contributed by atoms with Gasteiger partial charge in [0.1, 0.15) is 5.75 Å². The van der Waals surface area contributed by atoms with Crippen molar-refractivity contribution in [1.82, 2.24) is 4.98 Å². The van der Waals surface area contributed by atoms with Gasteiger partial charge >= 0.3 is 0 Å². The van der Waals surface area contributed by atoms with Gasteiger partial charge in [0.05, 0.1) is 23.4 Å². The van der Waals surface area contributed by atoms with E-state index in [2.05, 4.69) is 10.3 Å². The average molecular weight is 239 g/mol. The highest BCUT2D eigenvalue weighted by molar-refractivity contribution is 6.04. The summed E-state index contributed by atoms with van der Waals surface area (Å²) in [6.45, 7) is 0. The number of carbonyl (C=O) groups is 1. The zero-order valence-corrected chi connectivity index (χ0v) is 9.29. The number of aromatic hydroxyl groups is 1. The van der Waals surface area contributed by atoms with Crippen LogP contribution in [-0.4, -0.2) is 16.0 Å². The summed E-state index contributed by atoms with van der Waals surface area (Å²) in [4.78, 5) is 15.5. The molecular formula is C13H9N3O2. The van der Waals surface area contributed by atoms with Crippen molar-refractivity contribution < 1.29 is 9.90 Å². The Labute approximate surface area is 103 Å². The van der Waals surface area contributed by atoms with Gasteiger partial charge in [0, 0.05) is 11.9 Å². The van der Waals surface area contributed by atoms with E-state index in [0.717, 1.165) is 0 Å². The fourth-order valence-corrected chi connectivity index (χ4v) is 1.38. The van der Waals surface area contributed by atoms with Crippen LogP contribution in [0.25, 0.3) is 0 Å². The molecule has 1 aromatic heterocycles. The lowest BCUT2D eigenvalue weighted by Crippen LogP contribution is -2.11. The predicted octanol–water partition coefficient (Wildman–Crippen LogP) is 1.91. The first kappa shape index (κ1) is 11.6. The number of hydrogen-bond acceptors (Lipinski definition) is 4. The minimum absolute atomic E-state index is 0.0671. The molecular weight excluding hydrogens is 230 g/mol. The highest BCUT2D eigenvalue weighted by atomic mass is 16.3. The molecule has 5 heteroatoms. The SMILES string of the molecule is N#Cc1ccc(NC(=O)c2cncc(O)c2)cc1. The van der Waals surface area contributed by atoms with Crippen LogP contribution in [0.5, 0.6) is 5.75 Å². The largest absolute Gasteiger partial charge is 0.506 e. The van der Waals surface area contributed by atoms with Crippen LogP contribution in [0.2, 0.25) is 0 Å². The first-order valence-corrected chi connectivity index (χ1v) is 5.14. The van der Waals surface area contributed by atoms with Crippen molar-refractivity contribution in [2.45, 2.75) is 0 Å². The molecule has 0 bridgehead atoms. The standard InChI is InChI=1S/C13H9N3O2/c14-6-9-1-3-11(4-2-9)16-13(18)10-5-12(17)8-15-7-10/h1-5,7-8,17H,(H,16,18). The van der Waals surface area contributed by atoms with Crippen LogP contribution in [-0.2, 0) is 0 Å². The third-order valence-corrected chi connectivity index (χ3v) is 2.26. The van der Waals surface area contributed by atoms with Gasteiger partial charge in [0.25, 0.3) is 5.91 Å². The van der Waals surface area contributed by atoms with Crippen LogP contribution in [0.3, 0.4) is 0 Å². The van der Waals surface area contributed by atoms with E-state index in [4.69, 9.17) is 5.26 Å². The lowest BCUT2D eigenvalue weighted by molar-refractivity contribution is 0.102. The Kier molecular flexibility index (Phi) is 3.21. The van der Waals surface area contributed by atoms with Crippen LogP contribution in [0.1, 0.15) is 15.9 Å². The maximum atomic E-state index is 11.8. The van der Waals surface area contributed by atoms with E-state index < -0.39 is 0 Å². The Morgan fingerprint density at radius 2 is 2.00 bits per heavy atom. The topological polar surface area (TPSA) is 86.0 Å². The van der Waals surface area contributed by atoms with E-state index in [0.29, 0.717) is 11.3 Å². The number of pyridine rings is 1. The lowest BCUT2D eigenvalue weighted by Gasteiger charge is -2.05. The fraction of sp³-hybridized carbons (Fsp3) is 0. The second kappa shape index (κ2) is 4.97. The molecule has 2 N–H and O–H groups in total. The third-order valence-electron chi connectivity index (χ3n) is 2.26. The van der Waals surface area contributed by atoms with Gasteiger partial charge in [-0.05, 0) is 30.3 Å². The highest BCUT2D eigenvalue weighted by Crippen LogP contribution is 2.13. The maximum Gasteiger partial charge on any atom is 0.257 e. The van der Waals surface area contributed by atoms with Crippen LogP contribution < -0.4 is 5.32 Å². The molecule has 0 spiro atoms. The number of nitrogens with one attached hydrogen (secondary N) is 1. The second-order valence-electron chi connectivity index (χ2n) is 3.58. The maximum absolute atomic E-state index is 11.8. The van der Waals surface area contributed by atoms with Crippen molar-refractivity contribution in [2.24, 2.45) is 0 Å². The van der Waals surface area contributed by atoms with Gasteiger partial charge < -0.3 is 10.4 Å². The van der Waals surface area contributed by atoms with Gasteiger partial charge in [-0.3, -0.25) is 9.78 Å². The molecule has 0 radical (unpaired) electrons. The van der Waals surface area contributed by atoms with Gasteiger partial charge in [0.15, 0.2) is 0 Å². The molecule has 0 aliphatic carbocycles. The van der Waals surface area contributed by atoms with Crippen molar-refractivity contribution in [3.8, 4) is 11.8 Å². The van der Waals surface area contributed by atoms with Crippen molar-refractivity contribution in [3.63, 3.8) is 0 Å². The number of anilines is 1. The minimum Gasteiger partial charge on any atom is -0.506 e. The van der Waals surface area contributed by atoms with E-state index >= 15 is 0 Å². The van der Waals surface area contributed by atoms with E-state index in [1.54, 1.807) is 24.3 Å². The Bertz CT molecular complexity index is 615. The number of rotatable bonds is 2. The van der Waals surface area contributed by atoms with Gasteiger partial charge in [-0.2, -0.15) is 5.26 Å². The van der Waals surface area contributed by atoms with Crippen LogP contribution >= 0.6 is 0 Å². The Hall–Kier alpha value is -2.87. The molecule has 0 aliphatic rings. The van der Waals surface area contributed by atoms with Gasteiger partial charge in [-0.1, -0.05) is 0 Å². The van der Waals surface area contributed by atoms with Gasteiger partial charge in [0.2, 0.25) is 0 Å². The van der Waals surface area contributed by atoms with Crippen molar-refractivity contribution >= 4 is 11.6 Å². The van der Waals surface area contributed by atoms with E-state index in [1.807, 2.05) is 6.07 Å². The second-order valence-corrected chi connectivity index (χ2v) is 3.58. The van der Waals surface area contributed by atoms with Crippen molar-refractivity contribution in [2.75, 3.05) is 5.32 Å². The fourth-order valence-electron chi connectivity index (χ4n) is 1.38. The number of amides is 1. The summed E-state index contributed by atoms with van der Waals surface area (Å²) < 4.78 is 0. The molecule has 5 nitrogen and oxygen atoms in total. The molecule has 0 unspecified atom stereocenters. The first-order valence-electron chi connectivity index (χ1n) is 5.14. The number of nitriles is 1. The third kappa shape index (κ3) is 2.62. The molecule has 0 fully saturated rings. The number of hydrogen-bond donors (Lipinski definition) is 2. The molecule has 1 amide bonds. The smallest absolute Gasteiger partial charge is 0.257 e. The van der Waals surface area contributed by atoms with Crippen LogP contribution in [0.4, 0.5) is 5.69 Å². The Morgan fingerprint density at radius 3 is 2.61 bits per heavy atom. The summed E-state index contributed by atoms with van der Waals surface area (Å²) in [5.41, 5.74) is 1.36. The summed E-state index contributed by atoms with van der Waals surface area (Å²) in [6.07, 6.45) is 2.61. The summed E-state index contributed by atoms with van der Waals surface area (Å²) in [7, 11) is 0. The van der Waals surface area contributed by atoms with E-state index in [9.17, 15) is 9.90 Å². The molecule has 0 saturated carbocycles. The zero-order valence-electron chi connectivity index (χ0n) is 9.29. The molecule has 18 heavy (non-hydrogen) atoms. The number of nitrogens with zero attached hydrogens (tertiary/aromatic N) is 2. The van der Waals surface area contributed by atoms with E-state index in [1.165, 1.54) is 18.5 Å². The normalized spacial score (nSPS) is 9.50. The lowest BCUT2D eigenvalue weighted by atomic mass is 10.2. The van der Waals surface area contributed by atoms with Crippen LogP contribution in [0, 0.1) is 11.3 Å². The first-order chi connectivity index (χ1) is 8.69. The van der Waals surface area contributed by atoms with Crippen molar-refractivity contribution in [1.29, 1.82) is 5.26 Å². The molecule has 0 saturated heterocycles. The van der Waals surface area contributed by atoms with Crippen molar-refractivity contribution in [3.05, 3.63) is 53.9 Å². The molecule has 88 valence electrons. The minimum atomic E-state index is -0.372. The van der Waals surface area contributed by atoms with E-state index in [-0.39, 0.29) is 17.2 Å². The van der Waals surface area contributed by atoms with Crippen LogP contribution in [0.15, 0.2) is 42.7 Å². The summed E-state index contributed by atoms with van der Waals surface area (Å²) in [6, 6.07) is 9.79. The quantitative estimate of drug-likeness (QED) is 0.838. The number of aromatic nitrogens is 1. The average Bonchev–Trinajstić information content (AvgIpc) is 2.39. The van der Waals surface area contributed by atoms with Gasteiger partial charge in [-0.25, -0.2) is 0 Å². The monoisotopic (exact) mass is 239 g/mol. The molecule has 2 rings (SSSR count). The zero-order chi connectivity index (χ0) is 13.0. The number of benzene rings is 1. The number of carbonyl (C=O) groups excluding carboxylic acids is 1. The highest BCUT2D eigenvalue weighted by Gasteiger charge is 2.07. The summed E-state index contributed by atoms with van der Waals surface area (Å²) in [5, 5.41) is 20.5. The summed E-state index contributed by atoms with van der Waals surface area (Å²) >= 11 is 0. The molecule has 0 atom stereocenters.